The van der Waals surface area contributed by atoms with Gasteiger partial charge in [0, 0.05) is 24.2 Å². The minimum Gasteiger partial charge on any atom is -0.483 e. The molecule has 0 spiro atoms. The standard InChI is InChI=1S/C24H27FN4OS/c1-16(20-12-17-8-9-19(20)11-17)29-23(14-30-22-7-3-2-6-21(22)25)27-28-24(29)31-15-18-5-4-10-26-13-18/h2-7,10,13,16-17,19-20H,8-9,11-12,14-15H2,1H3/t16-,17+,19+,20+/m0/s1. The Labute approximate surface area is 186 Å². The predicted octanol–water partition coefficient (Wildman–Crippen LogP) is 5.68. The second kappa shape index (κ2) is 8.99. The lowest BCUT2D eigenvalue weighted by Crippen LogP contribution is -2.24. The van der Waals surface area contributed by atoms with Gasteiger partial charge in [-0.15, -0.1) is 10.2 Å². The molecule has 5 rings (SSSR count). The summed E-state index contributed by atoms with van der Waals surface area (Å²) in [5, 5.41) is 9.85. The molecule has 2 heterocycles. The quantitative estimate of drug-likeness (QED) is 0.424. The Kier molecular flexibility index (Phi) is 5.94. The lowest BCUT2D eigenvalue weighted by Gasteiger charge is -2.30. The molecule has 31 heavy (non-hydrogen) atoms. The normalized spacial score (nSPS) is 23.2. The van der Waals surface area contributed by atoms with Gasteiger partial charge in [-0.1, -0.05) is 36.4 Å². The number of ether oxygens (including phenoxy) is 1. The minimum atomic E-state index is -0.360. The van der Waals surface area contributed by atoms with Crippen LogP contribution in [-0.2, 0) is 12.4 Å². The molecule has 0 radical (unpaired) electrons. The SMILES string of the molecule is C[C@@H]([C@H]1C[C@@H]2CC[C@@H]1C2)n1c(COc2ccccc2F)nnc1SCc1cccnc1. The molecule has 0 amide bonds. The molecule has 0 unspecified atom stereocenters. The minimum absolute atomic E-state index is 0.201. The molecule has 4 atom stereocenters. The largest absolute Gasteiger partial charge is 0.483 e. The third-order valence-electron chi connectivity index (χ3n) is 6.84. The molecule has 2 bridgehead atoms. The zero-order valence-electron chi connectivity index (χ0n) is 17.7. The van der Waals surface area contributed by atoms with E-state index in [9.17, 15) is 4.39 Å². The number of para-hydroxylation sites is 1. The van der Waals surface area contributed by atoms with Crippen LogP contribution in [0.1, 0.15) is 50.0 Å². The van der Waals surface area contributed by atoms with Crippen LogP contribution in [0.15, 0.2) is 53.9 Å². The maximum Gasteiger partial charge on any atom is 0.191 e. The van der Waals surface area contributed by atoms with Crippen LogP contribution in [0.4, 0.5) is 4.39 Å². The van der Waals surface area contributed by atoms with Gasteiger partial charge in [-0.2, -0.15) is 0 Å². The maximum absolute atomic E-state index is 14.0. The van der Waals surface area contributed by atoms with Gasteiger partial charge in [0.25, 0.3) is 0 Å². The topological polar surface area (TPSA) is 52.8 Å². The second-order valence-corrected chi connectivity index (χ2v) is 9.66. The number of halogens is 1. The van der Waals surface area contributed by atoms with Crippen molar-refractivity contribution in [3.8, 4) is 5.75 Å². The van der Waals surface area contributed by atoms with Crippen molar-refractivity contribution >= 4 is 11.8 Å². The number of nitrogens with zero attached hydrogens (tertiary/aromatic N) is 4. The summed E-state index contributed by atoms with van der Waals surface area (Å²) in [6.07, 6.45) is 9.02. The predicted molar refractivity (Wildman–Crippen MR) is 118 cm³/mol. The molecule has 0 N–H and O–H groups in total. The summed E-state index contributed by atoms with van der Waals surface area (Å²) < 4.78 is 22.1. The fraction of sp³-hybridized carbons (Fsp3) is 0.458. The lowest BCUT2D eigenvalue weighted by atomic mass is 9.84. The zero-order valence-corrected chi connectivity index (χ0v) is 18.5. The molecule has 162 valence electrons. The lowest BCUT2D eigenvalue weighted by molar-refractivity contribution is 0.215. The summed E-state index contributed by atoms with van der Waals surface area (Å²) >= 11 is 1.67. The third-order valence-corrected chi connectivity index (χ3v) is 7.85. The van der Waals surface area contributed by atoms with E-state index < -0.39 is 0 Å². The van der Waals surface area contributed by atoms with Crippen molar-refractivity contribution in [3.05, 3.63) is 66.0 Å². The highest BCUT2D eigenvalue weighted by Crippen LogP contribution is 2.52. The van der Waals surface area contributed by atoms with E-state index in [1.807, 2.05) is 12.3 Å². The highest BCUT2D eigenvalue weighted by atomic mass is 32.2. The first-order valence-corrected chi connectivity index (χ1v) is 12.0. The maximum atomic E-state index is 14.0. The molecule has 5 nitrogen and oxygen atoms in total. The molecular formula is C24H27FN4OS. The number of hydrogen-bond acceptors (Lipinski definition) is 5. The van der Waals surface area contributed by atoms with Crippen molar-refractivity contribution < 1.29 is 9.13 Å². The smallest absolute Gasteiger partial charge is 0.191 e. The van der Waals surface area contributed by atoms with Gasteiger partial charge in [0.2, 0.25) is 0 Å². The molecule has 0 aliphatic heterocycles. The van der Waals surface area contributed by atoms with Crippen molar-refractivity contribution in [1.82, 2.24) is 19.7 Å². The van der Waals surface area contributed by atoms with Crippen molar-refractivity contribution in [2.75, 3.05) is 0 Å². The Hall–Kier alpha value is -2.41. The molecule has 2 aliphatic rings. The number of rotatable bonds is 8. The van der Waals surface area contributed by atoms with E-state index in [0.29, 0.717) is 12.0 Å². The summed E-state index contributed by atoms with van der Waals surface area (Å²) in [5.41, 5.74) is 1.15. The molecule has 7 heteroatoms. The Morgan fingerprint density at radius 1 is 1.16 bits per heavy atom. The van der Waals surface area contributed by atoms with Gasteiger partial charge >= 0.3 is 0 Å². The Morgan fingerprint density at radius 3 is 2.81 bits per heavy atom. The Bertz CT molecular complexity index is 1030. The number of aromatic nitrogens is 4. The highest BCUT2D eigenvalue weighted by Gasteiger charge is 2.43. The summed E-state index contributed by atoms with van der Waals surface area (Å²) in [6.45, 7) is 2.49. The number of benzene rings is 1. The average Bonchev–Trinajstić information content (AvgIpc) is 3.53. The first kappa shape index (κ1) is 20.5. The highest BCUT2D eigenvalue weighted by molar-refractivity contribution is 7.98. The van der Waals surface area contributed by atoms with Gasteiger partial charge in [0.1, 0.15) is 6.61 Å². The van der Waals surface area contributed by atoms with Crippen LogP contribution in [0, 0.1) is 23.6 Å². The molecule has 2 aromatic heterocycles. The second-order valence-electron chi connectivity index (χ2n) is 8.72. The summed E-state index contributed by atoms with van der Waals surface area (Å²) in [7, 11) is 0. The number of pyridine rings is 1. The first-order chi connectivity index (χ1) is 15.2. The van der Waals surface area contributed by atoms with Crippen molar-refractivity contribution in [2.24, 2.45) is 17.8 Å². The van der Waals surface area contributed by atoms with E-state index in [2.05, 4.69) is 32.7 Å². The van der Waals surface area contributed by atoms with Crippen molar-refractivity contribution in [3.63, 3.8) is 0 Å². The van der Waals surface area contributed by atoms with E-state index in [1.165, 1.54) is 31.7 Å². The number of thioether (sulfide) groups is 1. The van der Waals surface area contributed by atoms with E-state index in [0.717, 1.165) is 34.1 Å². The molecule has 1 aromatic carbocycles. The zero-order chi connectivity index (χ0) is 21.2. The average molecular weight is 439 g/mol. The van der Waals surface area contributed by atoms with E-state index in [4.69, 9.17) is 4.74 Å². The number of hydrogen-bond donors (Lipinski definition) is 0. The van der Waals surface area contributed by atoms with Gasteiger partial charge in [0.05, 0.1) is 0 Å². The molecule has 3 aromatic rings. The van der Waals surface area contributed by atoms with E-state index in [1.54, 1.807) is 36.2 Å². The van der Waals surface area contributed by atoms with Crippen LogP contribution in [0.25, 0.3) is 0 Å². The summed E-state index contributed by atoms with van der Waals surface area (Å²) in [4.78, 5) is 4.21. The summed E-state index contributed by atoms with van der Waals surface area (Å²) in [6, 6.07) is 10.8. The fourth-order valence-corrected chi connectivity index (χ4v) is 6.30. The van der Waals surface area contributed by atoms with Gasteiger partial charge < -0.3 is 4.74 Å². The molecular weight excluding hydrogens is 411 g/mol. The van der Waals surface area contributed by atoms with Crippen LogP contribution < -0.4 is 4.74 Å². The molecule has 2 fully saturated rings. The number of fused-ring (bicyclic) bond motifs is 2. The Morgan fingerprint density at radius 2 is 2.06 bits per heavy atom. The van der Waals surface area contributed by atoms with Crippen LogP contribution in [0.5, 0.6) is 5.75 Å². The molecule has 0 saturated heterocycles. The van der Waals surface area contributed by atoms with Crippen LogP contribution in [-0.4, -0.2) is 19.7 Å². The van der Waals surface area contributed by atoms with Gasteiger partial charge in [-0.3, -0.25) is 9.55 Å². The van der Waals surface area contributed by atoms with E-state index >= 15 is 0 Å². The Balaban J connectivity index is 1.38. The van der Waals surface area contributed by atoms with Crippen molar-refractivity contribution in [2.45, 2.75) is 56.2 Å². The van der Waals surface area contributed by atoms with Gasteiger partial charge in [0.15, 0.2) is 22.5 Å². The van der Waals surface area contributed by atoms with Gasteiger partial charge in [-0.05, 0) is 67.7 Å². The fourth-order valence-electron chi connectivity index (χ4n) is 5.33. The third kappa shape index (κ3) is 4.33. The first-order valence-electron chi connectivity index (χ1n) is 11.0. The molecule has 2 aliphatic carbocycles. The van der Waals surface area contributed by atoms with Crippen LogP contribution in [0.2, 0.25) is 0 Å². The summed E-state index contributed by atoms with van der Waals surface area (Å²) in [5.74, 6) is 3.73. The molecule has 2 saturated carbocycles. The van der Waals surface area contributed by atoms with Crippen LogP contribution >= 0.6 is 11.8 Å². The van der Waals surface area contributed by atoms with Crippen LogP contribution in [0.3, 0.4) is 0 Å². The van der Waals surface area contributed by atoms with Gasteiger partial charge in [-0.25, -0.2) is 4.39 Å². The monoisotopic (exact) mass is 438 g/mol. The van der Waals surface area contributed by atoms with E-state index in [-0.39, 0.29) is 18.2 Å². The van der Waals surface area contributed by atoms with Crippen molar-refractivity contribution in [1.29, 1.82) is 0 Å².